The van der Waals surface area contributed by atoms with E-state index in [1.54, 1.807) is 12.1 Å². The number of nitrogens with zero attached hydrogens (tertiary/aromatic N) is 2. The molecule has 0 amide bonds. The fourth-order valence-electron chi connectivity index (χ4n) is 1.99. The number of nitrogens with two attached hydrogens (primary N) is 1. The number of rotatable bonds is 3. The van der Waals surface area contributed by atoms with E-state index >= 15 is 0 Å². The summed E-state index contributed by atoms with van der Waals surface area (Å²) in [4.78, 5) is 20.3. The SMILES string of the molecule is Nc1c(Sc2ncnc3ccccc23)cccc1C(=O)O. The molecule has 2 aromatic carbocycles. The molecule has 0 aliphatic heterocycles. The van der Waals surface area contributed by atoms with Crippen molar-refractivity contribution in [2.45, 2.75) is 9.92 Å². The Labute approximate surface area is 124 Å². The standard InChI is InChI=1S/C15H11N3O2S/c16-13-10(15(19)20)5-3-7-12(13)21-14-9-4-1-2-6-11(9)17-8-18-14/h1-8H,16H2,(H,19,20). The van der Waals surface area contributed by atoms with Crippen LogP contribution in [0.2, 0.25) is 0 Å². The number of hydrogen-bond acceptors (Lipinski definition) is 5. The molecule has 3 aromatic rings. The van der Waals surface area contributed by atoms with Gasteiger partial charge in [0.1, 0.15) is 11.4 Å². The minimum absolute atomic E-state index is 0.0957. The predicted molar refractivity (Wildman–Crippen MR) is 81.5 cm³/mol. The van der Waals surface area contributed by atoms with Crippen LogP contribution >= 0.6 is 11.8 Å². The van der Waals surface area contributed by atoms with Gasteiger partial charge in [-0.1, -0.05) is 36.0 Å². The third-order valence-corrected chi connectivity index (χ3v) is 4.10. The molecule has 21 heavy (non-hydrogen) atoms. The maximum Gasteiger partial charge on any atom is 0.337 e. The second-order valence-electron chi connectivity index (χ2n) is 4.32. The number of carbonyl (C=O) groups is 1. The molecule has 1 heterocycles. The summed E-state index contributed by atoms with van der Waals surface area (Å²) in [5.74, 6) is -1.04. The average Bonchev–Trinajstić information content (AvgIpc) is 2.49. The molecule has 6 heteroatoms. The smallest absolute Gasteiger partial charge is 0.337 e. The Hall–Kier alpha value is -2.60. The normalized spacial score (nSPS) is 10.7. The van der Waals surface area contributed by atoms with E-state index in [2.05, 4.69) is 9.97 Å². The van der Waals surface area contributed by atoms with Gasteiger partial charge in [0, 0.05) is 10.3 Å². The third-order valence-electron chi connectivity index (χ3n) is 3.01. The lowest BCUT2D eigenvalue weighted by Crippen LogP contribution is -2.03. The number of para-hydroxylation sites is 2. The van der Waals surface area contributed by atoms with Gasteiger partial charge < -0.3 is 10.8 Å². The highest BCUT2D eigenvalue weighted by atomic mass is 32.2. The van der Waals surface area contributed by atoms with Crippen molar-refractivity contribution in [3.05, 3.63) is 54.4 Å². The van der Waals surface area contributed by atoms with E-state index in [0.717, 1.165) is 15.9 Å². The van der Waals surface area contributed by atoms with Crippen molar-refractivity contribution in [2.24, 2.45) is 0 Å². The Morgan fingerprint density at radius 2 is 1.90 bits per heavy atom. The van der Waals surface area contributed by atoms with Crippen LogP contribution in [-0.2, 0) is 0 Å². The summed E-state index contributed by atoms with van der Waals surface area (Å²) in [5, 5.41) is 10.8. The minimum atomic E-state index is -1.04. The van der Waals surface area contributed by atoms with Gasteiger partial charge in [0.05, 0.1) is 16.8 Å². The fourth-order valence-corrected chi connectivity index (χ4v) is 2.94. The minimum Gasteiger partial charge on any atom is -0.478 e. The molecule has 5 nitrogen and oxygen atoms in total. The second kappa shape index (κ2) is 5.41. The average molecular weight is 297 g/mol. The zero-order chi connectivity index (χ0) is 14.8. The number of fused-ring (bicyclic) bond motifs is 1. The van der Waals surface area contributed by atoms with Gasteiger partial charge in [0.2, 0.25) is 0 Å². The topological polar surface area (TPSA) is 89.1 Å². The summed E-state index contributed by atoms with van der Waals surface area (Å²) in [6, 6.07) is 12.6. The first kappa shape index (κ1) is 13.4. The van der Waals surface area contributed by atoms with Crippen molar-refractivity contribution < 1.29 is 9.90 Å². The molecule has 0 aliphatic rings. The molecule has 0 radical (unpaired) electrons. The summed E-state index contributed by atoms with van der Waals surface area (Å²) >= 11 is 1.34. The molecule has 0 unspecified atom stereocenters. The van der Waals surface area contributed by atoms with Crippen molar-refractivity contribution in [3.8, 4) is 0 Å². The van der Waals surface area contributed by atoms with Crippen LogP contribution in [0.15, 0.2) is 58.7 Å². The van der Waals surface area contributed by atoms with Crippen LogP contribution in [-0.4, -0.2) is 21.0 Å². The highest BCUT2D eigenvalue weighted by molar-refractivity contribution is 7.99. The van der Waals surface area contributed by atoms with Gasteiger partial charge in [-0.15, -0.1) is 0 Å². The van der Waals surface area contributed by atoms with Gasteiger partial charge in [-0.05, 0) is 18.2 Å². The van der Waals surface area contributed by atoms with Crippen LogP contribution in [0.25, 0.3) is 10.9 Å². The molecular weight excluding hydrogens is 286 g/mol. The lowest BCUT2D eigenvalue weighted by molar-refractivity contribution is 0.0698. The van der Waals surface area contributed by atoms with E-state index in [9.17, 15) is 4.79 Å². The van der Waals surface area contributed by atoms with Gasteiger partial charge >= 0.3 is 5.97 Å². The van der Waals surface area contributed by atoms with Gasteiger partial charge in [-0.3, -0.25) is 0 Å². The zero-order valence-electron chi connectivity index (χ0n) is 10.9. The largest absolute Gasteiger partial charge is 0.478 e. The highest BCUT2D eigenvalue weighted by Gasteiger charge is 2.13. The monoisotopic (exact) mass is 297 g/mol. The molecule has 0 aliphatic carbocycles. The lowest BCUT2D eigenvalue weighted by atomic mass is 10.2. The Bertz CT molecular complexity index is 831. The maximum absolute atomic E-state index is 11.1. The first-order chi connectivity index (χ1) is 10.2. The van der Waals surface area contributed by atoms with E-state index in [0.29, 0.717) is 4.90 Å². The number of hydrogen-bond donors (Lipinski definition) is 2. The van der Waals surface area contributed by atoms with Crippen molar-refractivity contribution in [1.29, 1.82) is 0 Å². The van der Waals surface area contributed by atoms with Crippen molar-refractivity contribution in [2.75, 3.05) is 5.73 Å². The van der Waals surface area contributed by atoms with Gasteiger partial charge in [-0.2, -0.15) is 0 Å². The molecule has 0 saturated carbocycles. The lowest BCUT2D eigenvalue weighted by Gasteiger charge is -2.08. The summed E-state index contributed by atoms with van der Waals surface area (Å²) in [6.45, 7) is 0. The van der Waals surface area contributed by atoms with Gasteiger partial charge in [0.25, 0.3) is 0 Å². The van der Waals surface area contributed by atoms with Crippen molar-refractivity contribution in [1.82, 2.24) is 9.97 Å². The van der Waals surface area contributed by atoms with Crippen LogP contribution < -0.4 is 5.73 Å². The molecule has 0 fully saturated rings. The van der Waals surface area contributed by atoms with Crippen LogP contribution in [0.5, 0.6) is 0 Å². The van der Waals surface area contributed by atoms with E-state index in [1.165, 1.54) is 24.2 Å². The van der Waals surface area contributed by atoms with E-state index in [1.807, 2.05) is 24.3 Å². The predicted octanol–water partition coefficient (Wildman–Crippen LogP) is 3.06. The van der Waals surface area contributed by atoms with E-state index in [-0.39, 0.29) is 11.3 Å². The number of aromatic carboxylic acids is 1. The number of carboxylic acid groups (broad SMARTS) is 1. The molecule has 0 atom stereocenters. The van der Waals surface area contributed by atoms with Crippen LogP contribution in [0.3, 0.4) is 0 Å². The molecule has 104 valence electrons. The van der Waals surface area contributed by atoms with E-state index < -0.39 is 5.97 Å². The van der Waals surface area contributed by atoms with Gasteiger partial charge in [0.15, 0.2) is 0 Å². The second-order valence-corrected chi connectivity index (χ2v) is 5.35. The molecule has 1 aromatic heterocycles. The third kappa shape index (κ3) is 2.53. The first-order valence-corrected chi connectivity index (χ1v) is 6.98. The summed E-state index contributed by atoms with van der Waals surface area (Å²) in [6.07, 6.45) is 1.49. The Morgan fingerprint density at radius 3 is 2.71 bits per heavy atom. The summed E-state index contributed by atoms with van der Waals surface area (Å²) in [5.41, 5.74) is 7.11. The number of aromatic nitrogens is 2. The molecular formula is C15H11N3O2S. The van der Waals surface area contributed by atoms with Crippen LogP contribution in [0.1, 0.15) is 10.4 Å². The Kier molecular flexibility index (Phi) is 3.45. The maximum atomic E-state index is 11.1. The van der Waals surface area contributed by atoms with Gasteiger partial charge in [-0.25, -0.2) is 14.8 Å². The Morgan fingerprint density at radius 1 is 1.10 bits per heavy atom. The quantitative estimate of drug-likeness (QED) is 0.570. The molecule has 3 N–H and O–H groups in total. The summed E-state index contributed by atoms with van der Waals surface area (Å²) < 4.78 is 0. The number of nitrogen functional groups attached to an aromatic ring is 1. The molecule has 0 spiro atoms. The fraction of sp³-hybridized carbons (Fsp3) is 0. The number of carboxylic acids is 1. The highest BCUT2D eigenvalue weighted by Crippen LogP contribution is 2.35. The summed E-state index contributed by atoms with van der Waals surface area (Å²) in [7, 11) is 0. The first-order valence-electron chi connectivity index (χ1n) is 6.16. The molecule has 0 bridgehead atoms. The Balaban J connectivity index is 2.07. The van der Waals surface area contributed by atoms with Crippen molar-refractivity contribution in [3.63, 3.8) is 0 Å². The zero-order valence-corrected chi connectivity index (χ0v) is 11.7. The van der Waals surface area contributed by atoms with Crippen molar-refractivity contribution >= 4 is 34.3 Å². The van der Waals surface area contributed by atoms with E-state index in [4.69, 9.17) is 10.8 Å². The number of benzene rings is 2. The van der Waals surface area contributed by atoms with Crippen LogP contribution in [0, 0.1) is 0 Å². The molecule has 3 rings (SSSR count). The molecule has 0 saturated heterocycles. The van der Waals surface area contributed by atoms with Crippen LogP contribution in [0.4, 0.5) is 5.69 Å². The number of anilines is 1.